The molecule has 0 spiro atoms. The summed E-state index contributed by atoms with van der Waals surface area (Å²) in [5.41, 5.74) is 0. The van der Waals surface area contributed by atoms with Crippen molar-refractivity contribution in [3.8, 4) is 0 Å². The van der Waals surface area contributed by atoms with Gasteiger partial charge in [-0.1, -0.05) is 0 Å². The topological polar surface area (TPSA) is 39.8 Å². The fourth-order valence-corrected chi connectivity index (χ4v) is 0.457. The second-order valence-corrected chi connectivity index (χ2v) is 1.61. The summed E-state index contributed by atoms with van der Waals surface area (Å²) in [5.74, 6) is 0. The van der Waals surface area contributed by atoms with Crippen LogP contribution in [0.5, 0.6) is 0 Å². The molecule has 1 aromatic rings. The van der Waals surface area contributed by atoms with Crippen LogP contribution in [0, 0.1) is 5.21 Å². The molecule has 0 aliphatic rings. The van der Waals surface area contributed by atoms with Crippen LogP contribution in [0.4, 0.5) is 0 Å². The molecule has 1 heterocycles. The fourth-order valence-electron chi connectivity index (χ4n) is 0.340. The van der Waals surface area contributed by atoms with Gasteiger partial charge >= 0.3 is 5.15 Å². The van der Waals surface area contributed by atoms with Gasteiger partial charge in [-0.15, -0.1) is 0 Å². The number of hydrogen-bond acceptors (Lipinski definition) is 2. The van der Waals surface area contributed by atoms with E-state index in [1.165, 1.54) is 12.3 Å². The third kappa shape index (κ3) is 0.869. The Labute approximate surface area is 51.1 Å². The van der Waals surface area contributed by atoms with E-state index in [2.05, 4.69) is 5.10 Å². The number of nitrogens with zero attached hydrogens (tertiary/aromatic N) is 2. The molecule has 0 atom stereocenters. The predicted molar refractivity (Wildman–Crippen MR) is 28.2 cm³/mol. The van der Waals surface area contributed by atoms with Crippen LogP contribution in [0.15, 0.2) is 18.3 Å². The molecule has 3 nitrogen and oxygen atoms in total. The minimum atomic E-state index is 0.0903. The summed E-state index contributed by atoms with van der Waals surface area (Å²) in [4.78, 5) is 0.349. The van der Waals surface area contributed by atoms with Crippen LogP contribution in [0.3, 0.4) is 0 Å². The Bertz CT molecular complexity index is 170. The first-order valence-corrected chi connectivity index (χ1v) is 2.39. The summed E-state index contributed by atoms with van der Waals surface area (Å²) in [5, 5.41) is 13.7. The van der Waals surface area contributed by atoms with Crippen molar-refractivity contribution in [2.45, 2.75) is 0 Å². The first-order chi connectivity index (χ1) is 3.80. The van der Waals surface area contributed by atoms with Crippen LogP contribution in [-0.4, -0.2) is 5.10 Å². The van der Waals surface area contributed by atoms with E-state index >= 15 is 0 Å². The molecule has 0 saturated carbocycles. The SMILES string of the molecule is [O-][n+]1ncccc1Cl. The molecule has 0 unspecified atom stereocenters. The maximum atomic E-state index is 10.3. The van der Waals surface area contributed by atoms with Crippen LogP contribution in [0.25, 0.3) is 0 Å². The number of aromatic nitrogens is 2. The minimum Gasteiger partial charge on any atom is -0.593 e. The summed E-state index contributed by atoms with van der Waals surface area (Å²) in [7, 11) is 0. The zero-order valence-electron chi connectivity index (χ0n) is 3.91. The number of hydrogen-bond donors (Lipinski definition) is 0. The molecule has 0 bridgehead atoms. The molecule has 4 heteroatoms. The van der Waals surface area contributed by atoms with E-state index in [0.717, 1.165) is 0 Å². The van der Waals surface area contributed by atoms with Gasteiger partial charge in [-0.05, 0) is 22.5 Å². The van der Waals surface area contributed by atoms with Crippen molar-refractivity contribution in [3.63, 3.8) is 0 Å². The fraction of sp³-hybridized carbons (Fsp3) is 0. The lowest BCUT2D eigenvalue weighted by atomic mass is 10.6. The molecule has 0 aliphatic heterocycles. The monoisotopic (exact) mass is 130 g/mol. The second kappa shape index (κ2) is 1.96. The van der Waals surface area contributed by atoms with Gasteiger partial charge in [0, 0.05) is 11.2 Å². The Balaban J connectivity index is 3.13. The van der Waals surface area contributed by atoms with Crippen LogP contribution in [-0.2, 0) is 0 Å². The summed E-state index contributed by atoms with van der Waals surface area (Å²) >= 11 is 5.30. The van der Waals surface area contributed by atoms with Crippen molar-refractivity contribution in [3.05, 3.63) is 28.7 Å². The lowest BCUT2D eigenvalue weighted by Crippen LogP contribution is -2.31. The largest absolute Gasteiger partial charge is 0.593 e. The zero-order valence-corrected chi connectivity index (χ0v) is 4.67. The number of halogens is 1. The predicted octanol–water partition coefficient (Wildman–Crippen LogP) is 0.368. The van der Waals surface area contributed by atoms with Crippen LogP contribution >= 0.6 is 11.6 Å². The van der Waals surface area contributed by atoms with Gasteiger partial charge in [0.1, 0.15) is 0 Å². The van der Waals surface area contributed by atoms with Crippen LogP contribution in [0.2, 0.25) is 5.15 Å². The van der Waals surface area contributed by atoms with Crippen LogP contribution in [0.1, 0.15) is 0 Å². The van der Waals surface area contributed by atoms with E-state index in [9.17, 15) is 5.21 Å². The highest BCUT2D eigenvalue weighted by Crippen LogP contribution is 1.94. The van der Waals surface area contributed by atoms with Crippen molar-refractivity contribution < 1.29 is 4.85 Å². The van der Waals surface area contributed by atoms with Crippen molar-refractivity contribution in [1.29, 1.82) is 0 Å². The molecular formula is C4H3ClN2O. The van der Waals surface area contributed by atoms with Crippen LogP contribution < -0.4 is 4.85 Å². The lowest BCUT2D eigenvalue weighted by Gasteiger charge is -1.89. The molecular weight excluding hydrogens is 128 g/mol. The Morgan fingerprint density at radius 1 is 1.75 bits per heavy atom. The molecule has 0 N–H and O–H groups in total. The van der Waals surface area contributed by atoms with Crippen molar-refractivity contribution >= 4 is 11.6 Å². The van der Waals surface area contributed by atoms with E-state index < -0.39 is 0 Å². The van der Waals surface area contributed by atoms with Gasteiger partial charge in [-0.2, -0.15) is 0 Å². The van der Waals surface area contributed by atoms with E-state index in [4.69, 9.17) is 11.6 Å². The Hall–Kier alpha value is -0.830. The van der Waals surface area contributed by atoms with E-state index in [-0.39, 0.29) is 5.15 Å². The first-order valence-electron chi connectivity index (χ1n) is 2.01. The molecule has 0 amide bonds. The standard InChI is InChI=1S/C4H3ClN2O/c5-4-2-1-3-6-7(4)8/h1-3H. The first kappa shape index (κ1) is 5.31. The summed E-state index contributed by atoms with van der Waals surface area (Å²) in [6.07, 6.45) is 1.37. The second-order valence-electron chi connectivity index (χ2n) is 1.22. The summed E-state index contributed by atoms with van der Waals surface area (Å²) in [6, 6.07) is 3.07. The highest BCUT2D eigenvalue weighted by Gasteiger charge is 1.95. The van der Waals surface area contributed by atoms with Crippen molar-refractivity contribution in [2.75, 3.05) is 0 Å². The number of rotatable bonds is 0. The molecule has 0 radical (unpaired) electrons. The molecule has 1 aromatic heterocycles. The van der Waals surface area contributed by atoms with Gasteiger partial charge in [0.15, 0.2) is 0 Å². The van der Waals surface area contributed by atoms with Gasteiger partial charge in [-0.3, -0.25) is 0 Å². The maximum absolute atomic E-state index is 10.3. The van der Waals surface area contributed by atoms with E-state index in [1.807, 2.05) is 0 Å². The van der Waals surface area contributed by atoms with E-state index in [0.29, 0.717) is 4.85 Å². The molecule has 0 fully saturated rings. The van der Waals surface area contributed by atoms with Gasteiger partial charge < -0.3 is 5.21 Å². The highest BCUT2D eigenvalue weighted by atomic mass is 35.5. The van der Waals surface area contributed by atoms with Gasteiger partial charge in [0.25, 0.3) is 0 Å². The molecule has 8 heavy (non-hydrogen) atoms. The summed E-state index contributed by atoms with van der Waals surface area (Å²) < 4.78 is 0. The third-order valence-electron chi connectivity index (χ3n) is 0.674. The average molecular weight is 131 g/mol. The maximum Gasteiger partial charge on any atom is 0.313 e. The minimum absolute atomic E-state index is 0.0903. The Morgan fingerprint density at radius 2 is 2.50 bits per heavy atom. The van der Waals surface area contributed by atoms with Gasteiger partial charge in [0.2, 0.25) is 0 Å². The molecule has 0 aliphatic carbocycles. The molecule has 0 aromatic carbocycles. The van der Waals surface area contributed by atoms with Crippen molar-refractivity contribution in [1.82, 2.24) is 5.10 Å². The summed E-state index contributed by atoms with van der Waals surface area (Å²) in [6.45, 7) is 0. The van der Waals surface area contributed by atoms with Crippen molar-refractivity contribution in [2.24, 2.45) is 0 Å². The van der Waals surface area contributed by atoms with E-state index in [1.54, 1.807) is 6.07 Å². The quantitative estimate of drug-likeness (QED) is 0.376. The normalized spacial score (nSPS) is 9.12. The van der Waals surface area contributed by atoms with Gasteiger partial charge in [-0.25, -0.2) is 0 Å². The molecule has 0 saturated heterocycles. The zero-order chi connectivity index (χ0) is 5.98. The average Bonchev–Trinajstić information content (AvgIpc) is 1.77. The molecule has 42 valence electrons. The molecule has 1 rings (SSSR count). The van der Waals surface area contributed by atoms with Gasteiger partial charge in [0.05, 0.1) is 6.20 Å². The smallest absolute Gasteiger partial charge is 0.313 e. The Kier molecular flexibility index (Phi) is 1.30. The third-order valence-corrected chi connectivity index (χ3v) is 0.945. The highest BCUT2D eigenvalue weighted by molar-refractivity contribution is 6.28. The lowest BCUT2D eigenvalue weighted by molar-refractivity contribution is -0.666. The Morgan fingerprint density at radius 3 is 2.88 bits per heavy atom.